The number of amides is 1. The first-order valence-electron chi connectivity index (χ1n) is 8.32. The summed E-state index contributed by atoms with van der Waals surface area (Å²) in [4.78, 5) is 41.8. The van der Waals surface area contributed by atoms with E-state index in [-0.39, 0.29) is 23.1 Å². The van der Waals surface area contributed by atoms with Crippen LogP contribution in [0, 0.1) is 6.92 Å². The zero-order valence-corrected chi connectivity index (χ0v) is 15.6. The number of carbonyl (C=O) groups excluding carboxylic acids is 1. The Kier molecular flexibility index (Phi) is 4.81. The molecule has 0 bridgehead atoms. The van der Waals surface area contributed by atoms with Crippen LogP contribution >= 0.6 is 0 Å². The van der Waals surface area contributed by atoms with Crippen molar-refractivity contribution in [1.82, 2.24) is 19.4 Å². The van der Waals surface area contributed by atoms with Crippen molar-refractivity contribution in [3.8, 4) is 5.75 Å². The van der Waals surface area contributed by atoms with Crippen molar-refractivity contribution in [3.05, 3.63) is 68.0 Å². The van der Waals surface area contributed by atoms with Gasteiger partial charge < -0.3 is 10.1 Å². The molecule has 2 heterocycles. The molecule has 0 radical (unpaired) electrons. The number of pyridine rings is 1. The van der Waals surface area contributed by atoms with E-state index in [4.69, 9.17) is 4.74 Å². The molecule has 1 amide bonds. The second-order valence-electron chi connectivity index (χ2n) is 6.25. The quantitative estimate of drug-likeness (QED) is 0.738. The Morgan fingerprint density at radius 2 is 1.81 bits per heavy atom. The molecule has 1 N–H and O–H groups in total. The van der Waals surface area contributed by atoms with Crippen molar-refractivity contribution < 1.29 is 9.53 Å². The van der Waals surface area contributed by atoms with Crippen LogP contribution in [0.5, 0.6) is 5.75 Å². The van der Waals surface area contributed by atoms with E-state index in [0.29, 0.717) is 5.69 Å². The van der Waals surface area contributed by atoms with Crippen LogP contribution < -0.4 is 21.3 Å². The summed E-state index contributed by atoms with van der Waals surface area (Å²) < 4.78 is 7.35. The van der Waals surface area contributed by atoms with Crippen molar-refractivity contribution in [2.45, 2.75) is 13.5 Å². The number of benzene rings is 1. The number of aryl methyl sites for hydroxylation is 2. The Morgan fingerprint density at radius 1 is 1.15 bits per heavy atom. The molecule has 3 aromatic rings. The summed E-state index contributed by atoms with van der Waals surface area (Å²) in [5.74, 6) is 0.322. The predicted octanol–water partition coefficient (Wildman–Crippen LogP) is 0.879. The summed E-state index contributed by atoms with van der Waals surface area (Å²) in [6.07, 6.45) is 0. The summed E-state index contributed by atoms with van der Waals surface area (Å²) in [6.45, 7) is 2.00. The highest BCUT2D eigenvalue weighted by Gasteiger charge is 2.19. The van der Waals surface area contributed by atoms with Gasteiger partial charge in [-0.3, -0.25) is 18.7 Å². The van der Waals surface area contributed by atoms with E-state index in [0.717, 1.165) is 15.9 Å². The first-order chi connectivity index (χ1) is 12.8. The molecule has 27 heavy (non-hydrogen) atoms. The second-order valence-corrected chi connectivity index (χ2v) is 6.25. The highest BCUT2D eigenvalue weighted by molar-refractivity contribution is 6.05. The number of nitrogens with zero attached hydrogens (tertiary/aromatic N) is 3. The molecular weight excluding hydrogens is 348 g/mol. The second kappa shape index (κ2) is 7.06. The predicted molar refractivity (Wildman–Crippen MR) is 101 cm³/mol. The van der Waals surface area contributed by atoms with Crippen LogP contribution in [-0.4, -0.2) is 27.1 Å². The summed E-state index contributed by atoms with van der Waals surface area (Å²) in [6, 6.07) is 8.85. The van der Waals surface area contributed by atoms with E-state index in [1.165, 1.54) is 18.7 Å². The molecule has 0 aliphatic carbocycles. The average Bonchev–Trinajstić information content (AvgIpc) is 2.68. The number of rotatable bonds is 4. The number of hydrogen-bond donors (Lipinski definition) is 1. The standard InChI is InChI=1S/C19H20N4O4/c1-11-9-14(15-16(21-11)22(2)19(26)23(3)18(15)25)17(24)20-10-12-5-7-13(27-4)8-6-12/h5-9H,10H2,1-4H3,(H,20,24). The first kappa shape index (κ1) is 18.4. The number of aromatic nitrogens is 3. The zero-order valence-electron chi connectivity index (χ0n) is 15.6. The van der Waals surface area contributed by atoms with Crippen molar-refractivity contribution in [2.24, 2.45) is 14.1 Å². The molecule has 0 spiro atoms. The molecule has 1 aromatic carbocycles. The van der Waals surface area contributed by atoms with Crippen molar-refractivity contribution >= 4 is 16.9 Å². The van der Waals surface area contributed by atoms with Gasteiger partial charge in [-0.05, 0) is 30.7 Å². The van der Waals surface area contributed by atoms with Gasteiger partial charge in [0.25, 0.3) is 11.5 Å². The zero-order chi connectivity index (χ0) is 19.7. The normalized spacial score (nSPS) is 10.8. The molecule has 2 aromatic heterocycles. The SMILES string of the molecule is COc1ccc(CNC(=O)c2cc(C)nc3c2c(=O)n(C)c(=O)n3C)cc1. The molecule has 0 unspecified atom stereocenters. The number of carbonyl (C=O) groups is 1. The molecule has 0 aliphatic heterocycles. The first-order valence-corrected chi connectivity index (χ1v) is 8.32. The van der Waals surface area contributed by atoms with Crippen LogP contribution in [0.15, 0.2) is 39.9 Å². The summed E-state index contributed by atoms with van der Waals surface area (Å²) in [7, 11) is 4.49. The number of fused-ring (bicyclic) bond motifs is 1. The maximum atomic E-state index is 12.8. The Morgan fingerprint density at radius 3 is 2.44 bits per heavy atom. The third-order valence-electron chi connectivity index (χ3n) is 4.40. The van der Waals surface area contributed by atoms with E-state index < -0.39 is 17.2 Å². The lowest BCUT2D eigenvalue weighted by molar-refractivity contribution is 0.0952. The third kappa shape index (κ3) is 3.33. The van der Waals surface area contributed by atoms with Gasteiger partial charge in [-0.1, -0.05) is 12.1 Å². The van der Waals surface area contributed by atoms with Gasteiger partial charge in [-0.2, -0.15) is 0 Å². The monoisotopic (exact) mass is 368 g/mol. The Bertz CT molecular complexity index is 1140. The maximum Gasteiger partial charge on any atom is 0.332 e. The van der Waals surface area contributed by atoms with Gasteiger partial charge >= 0.3 is 5.69 Å². The van der Waals surface area contributed by atoms with Crippen LogP contribution in [0.25, 0.3) is 11.0 Å². The third-order valence-corrected chi connectivity index (χ3v) is 4.40. The highest BCUT2D eigenvalue weighted by atomic mass is 16.5. The van der Waals surface area contributed by atoms with Crippen LogP contribution in [0.2, 0.25) is 0 Å². The molecule has 8 nitrogen and oxygen atoms in total. The lowest BCUT2D eigenvalue weighted by Gasteiger charge is -2.12. The molecule has 0 atom stereocenters. The highest BCUT2D eigenvalue weighted by Crippen LogP contribution is 2.15. The minimum absolute atomic E-state index is 0.123. The molecule has 8 heteroatoms. The van der Waals surface area contributed by atoms with E-state index in [1.807, 2.05) is 12.1 Å². The summed E-state index contributed by atoms with van der Waals surface area (Å²) >= 11 is 0. The number of nitrogens with one attached hydrogen (secondary N) is 1. The van der Waals surface area contributed by atoms with E-state index in [9.17, 15) is 14.4 Å². The van der Waals surface area contributed by atoms with E-state index in [1.54, 1.807) is 32.2 Å². The van der Waals surface area contributed by atoms with Gasteiger partial charge in [0.1, 0.15) is 11.4 Å². The van der Waals surface area contributed by atoms with Crippen molar-refractivity contribution in [2.75, 3.05) is 7.11 Å². The lowest BCUT2D eigenvalue weighted by atomic mass is 10.1. The van der Waals surface area contributed by atoms with Gasteiger partial charge in [0.05, 0.1) is 18.1 Å². The van der Waals surface area contributed by atoms with Gasteiger partial charge in [0.15, 0.2) is 0 Å². The molecule has 0 aliphatic rings. The average molecular weight is 368 g/mol. The van der Waals surface area contributed by atoms with Crippen molar-refractivity contribution in [3.63, 3.8) is 0 Å². The van der Waals surface area contributed by atoms with Gasteiger partial charge in [0, 0.05) is 26.3 Å². The van der Waals surface area contributed by atoms with Gasteiger partial charge in [-0.15, -0.1) is 0 Å². The molecular formula is C19H20N4O4. The lowest BCUT2D eigenvalue weighted by Crippen LogP contribution is -2.38. The number of hydrogen-bond acceptors (Lipinski definition) is 5. The fourth-order valence-corrected chi connectivity index (χ4v) is 2.88. The largest absolute Gasteiger partial charge is 0.497 e. The van der Waals surface area contributed by atoms with Gasteiger partial charge in [0.2, 0.25) is 0 Å². The molecule has 140 valence electrons. The van der Waals surface area contributed by atoms with Crippen LogP contribution in [0.4, 0.5) is 0 Å². The Labute approximate surface area is 155 Å². The van der Waals surface area contributed by atoms with Crippen LogP contribution in [0.1, 0.15) is 21.6 Å². The summed E-state index contributed by atoms with van der Waals surface area (Å²) in [5.41, 5.74) is 0.783. The minimum atomic E-state index is -0.546. The van der Waals surface area contributed by atoms with Crippen molar-refractivity contribution in [1.29, 1.82) is 0 Å². The minimum Gasteiger partial charge on any atom is -0.497 e. The number of methoxy groups -OCH3 is 1. The molecule has 0 saturated heterocycles. The Balaban J connectivity index is 2.01. The smallest absolute Gasteiger partial charge is 0.332 e. The fraction of sp³-hybridized carbons (Fsp3) is 0.263. The van der Waals surface area contributed by atoms with Gasteiger partial charge in [-0.25, -0.2) is 9.78 Å². The summed E-state index contributed by atoms with van der Waals surface area (Å²) in [5, 5.41) is 2.93. The van der Waals surface area contributed by atoms with E-state index >= 15 is 0 Å². The number of ether oxygens (including phenoxy) is 1. The maximum absolute atomic E-state index is 12.8. The van der Waals surface area contributed by atoms with E-state index in [2.05, 4.69) is 10.3 Å². The topological polar surface area (TPSA) is 95.2 Å². The Hall–Kier alpha value is -3.42. The molecule has 3 rings (SSSR count). The molecule has 0 fully saturated rings. The van der Waals surface area contributed by atoms with Crippen LogP contribution in [-0.2, 0) is 20.6 Å². The fourth-order valence-electron chi connectivity index (χ4n) is 2.88. The molecule has 0 saturated carbocycles. The van der Waals surface area contributed by atoms with Crippen LogP contribution in [0.3, 0.4) is 0 Å².